The number of nitrogens with one attached hydrogen (secondary N) is 1. The second kappa shape index (κ2) is 9.39. The summed E-state index contributed by atoms with van der Waals surface area (Å²) < 4.78 is 0. The van der Waals surface area contributed by atoms with Gasteiger partial charge in [-0.15, -0.1) is 0 Å². The fraction of sp³-hybridized carbons (Fsp3) is 0.591. The molecule has 0 bridgehead atoms. The second-order valence-electron chi connectivity index (χ2n) is 8.52. The van der Waals surface area contributed by atoms with Gasteiger partial charge in [-0.3, -0.25) is 19.3 Å². The molecule has 2 heterocycles. The van der Waals surface area contributed by atoms with E-state index in [1.807, 2.05) is 31.2 Å². The first-order valence-electron chi connectivity index (χ1n) is 10.5. The van der Waals surface area contributed by atoms with Crippen LogP contribution < -0.4 is 5.32 Å². The van der Waals surface area contributed by atoms with Crippen LogP contribution in [0.5, 0.6) is 0 Å². The molecule has 7 heteroatoms. The van der Waals surface area contributed by atoms with Crippen LogP contribution in [0.3, 0.4) is 0 Å². The topological polar surface area (TPSA) is 73.0 Å². The van der Waals surface area contributed by atoms with Crippen LogP contribution in [0, 0.1) is 12.8 Å². The van der Waals surface area contributed by atoms with E-state index in [9.17, 15) is 14.4 Å². The van der Waals surface area contributed by atoms with Gasteiger partial charge in [0.05, 0.1) is 19.0 Å². The molecule has 2 saturated heterocycles. The van der Waals surface area contributed by atoms with E-state index in [2.05, 4.69) is 24.1 Å². The number of aryl methyl sites for hydroxylation is 1. The fourth-order valence-corrected chi connectivity index (χ4v) is 3.97. The summed E-state index contributed by atoms with van der Waals surface area (Å²) in [6, 6.07) is 7.70. The van der Waals surface area contributed by atoms with Gasteiger partial charge in [0.2, 0.25) is 17.7 Å². The van der Waals surface area contributed by atoms with Gasteiger partial charge in [0.25, 0.3) is 0 Å². The maximum absolute atomic E-state index is 12.8. The fourth-order valence-electron chi connectivity index (χ4n) is 3.97. The molecule has 0 saturated carbocycles. The lowest BCUT2D eigenvalue weighted by Gasteiger charge is -2.38. The highest BCUT2D eigenvalue weighted by Crippen LogP contribution is 2.16. The first kappa shape index (κ1) is 21.3. The Morgan fingerprint density at radius 1 is 1.14 bits per heavy atom. The average Bonchev–Trinajstić information content (AvgIpc) is 2.67. The summed E-state index contributed by atoms with van der Waals surface area (Å²) in [4.78, 5) is 43.3. The molecule has 1 N–H and O–H groups in total. The van der Waals surface area contributed by atoms with Gasteiger partial charge in [0.1, 0.15) is 0 Å². The Hall–Kier alpha value is -2.41. The summed E-state index contributed by atoms with van der Waals surface area (Å²) in [5, 5.41) is 2.86. The minimum atomic E-state index is -0.445. The molecule has 1 aromatic carbocycles. The Bertz CT molecular complexity index is 747. The van der Waals surface area contributed by atoms with E-state index in [0.29, 0.717) is 32.1 Å². The van der Waals surface area contributed by atoms with E-state index in [-0.39, 0.29) is 30.7 Å². The Labute approximate surface area is 173 Å². The summed E-state index contributed by atoms with van der Waals surface area (Å²) in [6.45, 7) is 10.1. The van der Waals surface area contributed by atoms with Crippen LogP contribution in [0.4, 0.5) is 0 Å². The lowest BCUT2D eigenvalue weighted by Crippen LogP contribution is -2.58. The highest BCUT2D eigenvalue weighted by molar-refractivity contribution is 5.91. The van der Waals surface area contributed by atoms with Crippen LogP contribution in [0.2, 0.25) is 0 Å². The van der Waals surface area contributed by atoms with Crippen molar-refractivity contribution >= 4 is 17.7 Å². The number of carbonyl (C=O) groups is 3. The predicted octanol–water partition coefficient (Wildman–Crippen LogP) is 1.01. The summed E-state index contributed by atoms with van der Waals surface area (Å²) in [7, 11) is 0. The zero-order valence-corrected chi connectivity index (χ0v) is 17.7. The number of rotatable bonds is 6. The third-order valence-corrected chi connectivity index (χ3v) is 5.57. The summed E-state index contributed by atoms with van der Waals surface area (Å²) in [5.74, 6) is 0.168. The number of hydrogen-bond donors (Lipinski definition) is 1. The molecular formula is C22H32N4O3. The molecule has 1 unspecified atom stereocenters. The first-order valence-corrected chi connectivity index (χ1v) is 10.5. The van der Waals surface area contributed by atoms with Gasteiger partial charge in [0.15, 0.2) is 0 Å². The van der Waals surface area contributed by atoms with Gasteiger partial charge in [-0.25, -0.2) is 0 Å². The molecule has 158 valence electrons. The molecule has 1 atom stereocenters. The largest absolute Gasteiger partial charge is 0.353 e. The van der Waals surface area contributed by atoms with Gasteiger partial charge in [0, 0.05) is 39.3 Å². The van der Waals surface area contributed by atoms with Crippen LogP contribution >= 0.6 is 0 Å². The summed E-state index contributed by atoms with van der Waals surface area (Å²) in [6.07, 6.45) is 0.129. The quantitative estimate of drug-likeness (QED) is 0.774. The van der Waals surface area contributed by atoms with Crippen molar-refractivity contribution in [1.29, 1.82) is 0 Å². The smallest absolute Gasteiger partial charge is 0.242 e. The third kappa shape index (κ3) is 5.56. The zero-order chi connectivity index (χ0) is 21.0. The molecule has 0 aliphatic carbocycles. The monoisotopic (exact) mass is 400 g/mol. The lowest BCUT2D eigenvalue weighted by molar-refractivity contribution is -0.147. The third-order valence-electron chi connectivity index (χ3n) is 5.57. The molecule has 1 aromatic rings. The van der Waals surface area contributed by atoms with E-state index in [4.69, 9.17) is 0 Å². The summed E-state index contributed by atoms with van der Waals surface area (Å²) >= 11 is 0. The molecule has 2 aliphatic heterocycles. The van der Waals surface area contributed by atoms with Gasteiger partial charge in [-0.05, 0) is 18.4 Å². The lowest BCUT2D eigenvalue weighted by atomic mass is 10.0. The van der Waals surface area contributed by atoms with Crippen LogP contribution in [-0.2, 0) is 20.9 Å². The normalized spacial score (nSPS) is 20.9. The Morgan fingerprint density at radius 2 is 1.86 bits per heavy atom. The van der Waals surface area contributed by atoms with E-state index in [0.717, 1.165) is 18.7 Å². The minimum absolute atomic E-state index is 0.0442. The number of hydrogen-bond acceptors (Lipinski definition) is 4. The number of carbonyl (C=O) groups excluding carboxylic acids is 3. The van der Waals surface area contributed by atoms with E-state index >= 15 is 0 Å². The second-order valence-corrected chi connectivity index (χ2v) is 8.52. The molecule has 3 amide bonds. The van der Waals surface area contributed by atoms with Crippen LogP contribution in [-0.4, -0.2) is 77.7 Å². The molecule has 0 radical (unpaired) electrons. The van der Waals surface area contributed by atoms with Crippen molar-refractivity contribution in [2.24, 2.45) is 5.92 Å². The van der Waals surface area contributed by atoms with Crippen molar-refractivity contribution in [3.05, 3.63) is 35.4 Å². The molecule has 0 aromatic heterocycles. The van der Waals surface area contributed by atoms with Crippen LogP contribution in [0.15, 0.2) is 24.3 Å². The Balaban J connectivity index is 1.56. The molecule has 3 rings (SSSR count). The number of piperazine rings is 2. The van der Waals surface area contributed by atoms with Crippen molar-refractivity contribution < 1.29 is 14.4 Å². The average molecular weight is 401 g/mol. The predicted molar refractivity (Wildman–Crippen MR) is 111 cm³/mol. The zero-order valence-electron chi connectivity index (χ0n) is 17.7. The van der Waals surface area contributed by atoms with Crippen molar-refractivity contribution in [2.45, 2.75) is 39.8 Å². The highest BCUT2D eigenvalue weighted by atomic mass is 16.2. The minimum Gasteiger partial charge on any atom is -0.353 e. The maximum atomic E-state index is 12.8. The molecule has 29 heavy (non-hydrogen) atoms. The SMILES string of the molecule is Cc1ccc(CN2CCN(C(=O)CC3C(=O)NCCN3CC(C)C)CC2=O)cc1. The first-order chi connectivity index (χ1) is 13.8. The van der Waals surface area contributed by atoms with Crippen molar-refractivity contribution in [2.75, 3.05) is 39.3 Å². The molecular weight excluding hydrogens is 368 g/mol. The van der Waals surface area contributed by atoms with Crippen molar-refractivity contribution in [1.82, 2.24) is 20.0 Å². The van der Waals surface area contributed by atoms with Crippen molar-refractivity contribution in [3.63, 3.8) is 0 Å². The number of benzene rings is 1. The van der Waals surface area contributed by atoms with E-state index in [1.165, 1.54) is 5.56 Å². The van der Waals surface area contributed by atoms with E-state index in [1.54, 1.807) is 9.80 Å². The summed E-state index contributed by atoms with van der Waals surface area (Å²) in [5.41, 5.74) is 2.28. The molecule has 7 nitrogen and oxygen atoms in total. The Morgan fingerprint density at radius 3 is 2.52 bits per heavy atom. The maximum Gasteiger partial charge on any atom is 0.242 e. The molecule has 2 aliphatic rings. The number of amides is 3. The van der Waals surface area contributed by atoms with Crippen LogP contribution in [0.1, 0.15) is 31.4 Å². The standard InChI is InChI=1S/C22H32N4O3/c1-16(2)13-24-9-8-23-22(29)19(24)12-20(27)26-11-10-25(21(28)15-26)14-18-6-4-17(3)5-7-18/h4-7,16,19H,8-15H2,1-3H3,(H,23,29). The van der Waals surface area contributed by atoms with Gasteiger partial charge in [-0.1, -0.05) is 43.7 Å². The van der Waals surface area contributed by atoms with Gasteiger partial charge < -0.3 is 15.1 Å². The highest BCUT2D eigenvalue weighted by Gasteiger charge is 2.35. The number of nitrogens with zero attached hydrogens (tertiary/aromatic N) is 3. The molecule has 2 fully saturated rings. The van der Waals surface area contributed by atoms with Crippen LogP contribution in [0.25, 0.3) is 0 Å². The van der Waals surface area contributed by atoms with E-state index < -0.39 is 6.04 Å². The molecule has 0 spiro atoms. The van der Waals surface area contributed by atoms with Crippen molar-refractivity contribution in [3.8, 4) is 0 Å². The Kier molecular flexibility index (Phi) is 6.90. The van der Waals surface area contributed by atoms with Gasteiger partial charge in [-0.2, -0.15) is 0 Å². The van der Waals surface area contributed by atoms with Gasteiger partial charge >= 0.3 is 0 Å².